The third-order valence-corrected chi connectivity index (χ3v) is 11.0. The van der Waals surface area contributed by atoms with Crippen molar-refractivity contribution in [2.45, 2.75) is 155 Å². The van der Waals surface area contributed by atoms with Gasteiger partial charge in [-0.2, -0.15) is 0 Å². The number of benzene rings is 4. The lowest BCUT2D eigenvalue weighted by molar-refractivity contribution is -0.183. The number of ether oxygens (including phenoxy) is 2. The molecule has 0 saturated heterocycles. The van der Waals surface area contributed by atoms with E-state index in [0.29, 0.717) is 24.0 Å². The average molecular weight is 731 g/mol. The van der Waals surface area contributed by atoms with Crippen LogP contribution >= 0.6 is 0 Å². The third kappa shape index (κ3) is 13.2. The van der Waals surface area contributed by atoms with Crippen LogP contribution in [-0.2, 0) is 20.7 Å². The fourth-order valence-electron chi connectivity index (χ4n) is 8.11. The molecule has 0 aromatic heterocycles. The quantitative estimate of drug-likeness (QED) is 0.0632. The Morgan fingerprint density at radius 1 is 0.296 bits per heavy atom. The first-order valence-electron chi connectivity index (χ1n) is 21.6. The molecule has 0 bridgehead atoms. The molecule has 0 amide bonds. The van der Waals surface area contributed by atoms with Gasteiger partial charge in [0.05, 0.1) is 0 Å². The van der Waals surface area contributed by atoms with Crippen molar-refractivity contribution in [3.05, 3.63) is 144 Å². The predicted molar refractivity (Wildman–Crippen MR) is 232 cm³/mol. The molecule has 4 rings (SSSR count). The average Bonchev–Trinajstić information content (AvgIpc) is 3.17. The van der Waals surface area contributed by atoms with Crippen LogP contribution < -0.4 is 0 Å². The standard InChI is InChI=1S/C52H74O2/c1-49(2,3)41-29-13-9-7-11-15-31-43-53-51(45-33-21-17-22-34-45,46-35-23-18-24-36-46)52(47-37-25-19-26-38-47,48-39-27-20-28-40-48)54-44-32-16-12-8-10-14-30-42-50(4,5)6/h17-28,33-40H,7-16,29-32,41-44H2,1-6H3. The van der Waals surface area contributed by atoms with Crippen LogP contribution in [0.1, 0.15) is 167 Å². The number of hydrogen-bond donors (Lipinski definition) is 0. The Labute approximate surface area is 331 Å². The summed E-state index contributed by atoms with van der Waals surface area (Å²) in [4.78, 5) is 0. The Hall–Kier alpha value is -3.20. The molecule has 0 unspecified atom stereocenters. The van der Waals surface area contributed by atoms with Gasteiger partial charge in [-0.05, 0) is 58.8 Å². The zero-order chi connectivity index (χ0) is 38.6. The molecule has 4 aromatic rings. The normalized spacial score (nSPS) is 12.6. The van der Waals surface area contributed by atoms with Gasteiger partial charge >= 0.3 is 0 Å². The summed E-state index contributed by atoms with van der Waals surface area (Å²) < 4.78 is 15.2. The van der Waals surface area contributed by atoms with Gasteiger partial charge in [0.15, 0.2) is 11.2 Å². The van der Waals surface area contributed by atoms with Gasteiger partial charge in [-0.1, -0.05) is 240 Å². The van der Waals surface area contributed by atoms with Crippen LogP contribution in [0.25, 0.3) is 0 Å². The molecule has 4 aromatic carbocycles. The van der Waals surface area contributed by atoms with Crippen LogP contribution in [0.4, 0.5) is 0 Å². The molecular weight excluding hydrogens is 657 g/mol. The van der Waals surface area contributed by atoms with Gasteiger partial charge in [-0.15, -0.1) is 0 Å². The fraction of sp³-hybridized carbons (Fsp3) is 0.538. The van der Waals surface area contributed by atoms with E-state index >= 15 is 0 Å². The minimum Gasteiger partial charge on any atom is -0.362 e. The minimum atomic E-state index is -0.946. The molecule has 0 radical (unpaired) electrons. The zero-order valence-corrected chi connectivity index (χ0v) is 35.1. The first-order chi connectivity index (χ1) is 26.1. The molecule has 294 valence electrons. The van der Waals surface area contributed by atoms with Gasteiger partial charge in [0, 0.05) is 13.2 Å². The van der Waals surface area contributed by atoms with Crippen LogP contribution in [0.15, 0.2) is 121 Å². The van der Waals surface area contributed by atoms with Crippen LogP contribution in [0.5, 0.6) is 0 Å². The zero-order valence-electron chi connectivity index (χ0n) is 35.1. The van der Waals surface area contributed by atoms with Gasteiger partial charge in [0.2, 0.25) is 0 Å². The van der Waals surface area contributed by atoms with E-state index < -0.39 is 11.2 Å². The number of unbranched alkanes of at least 4 members (excludes halogenated alkanes) is 12. The van der Waals surface area contributed by atoms with E-state index in [1.165, 1.54) is 89.9 Å². The first-order valence-corrected chi connectivity index (χ1v) is 21.6. The van der Waals surface area contributed by atoms with E-state index in [-0.39, 0.29) is 0 Å². The molecule has 0 atom stereocenters. The van der Waals surface area contributed by atoms with Gasteiger partial charge in [-0.25, -0.2) is 0 Å². The molecule has 0 N–H and O–H groups in total. The maximum absolute atomic E-state index is 7.59. The highest BCUT2D eigenvalue weighted by atomic mass is 16.6. The van der Waals surface area contributed by atoms with E-state index in [9.17, 15) is 0 Å². The topological polar surface area (TPSA) is 18.5 Å². The van der Waals surface area contributed by atoms with E-state index in [0.717, 1.165) is 35.1 Å². The lowest BCUT2D eigenvalue weighted by Gasteiger charge is -2.51. The lowest BCUT2D eigenvalue weighted by atomic mass is 9.65. The maximum Gasteiger partial charge on any atom is 0.155 e. The Bertz CT molecular complexity index is 1320. The second kappa shape index (κ2) is 22.4. The summed E-state index contributed by atoms with van der Waals surface area (Å²) >= 11 is 0. The first kappa shape index (κ1) is 43.5. The molecule has 2 heteroatoms. The highest BCUT2D eigenvalue weighted by Crippen LogP contribution is 2.55. The molecule has 0 aliphatic heterocycles. The van der Waals surface area contributed by atoms with Crippen molar-refractivity contribution in [1.82, 2.24) is 0 Å². The van der Waals surface area contributed by atoms with Gasteiger partial charge in [0.25, 0.3) is 0 Å². The molecular formula is C52H74O2. The van der Waals surface area contributed by atoms with E-state index in [4.69, 9.17) is 9.47 Å². The molecule has 0 saturated carbocycles. The van der Waals surface area contributed by atoms with Crippen LogP contribution in [0.2, 0.25) is 0 Å². The third-order valence-electron chi connectivity index (χ3n) is 11.0. The van der Waals surface area contributed by atoms with Crippen LogP contribution in [0.3, 0.4) is 0 Å². The van der Waals surface area contributed by atoms with E-state index in [1.54, 1.807) is 0 Å². The molecule has 0 heterocycles. The second-order valence-electron chi connectivity index (χ2n) is 18.1. The monoisotopic (exact) mass is 731 g/mol. The largest absolute Gasteiger partial charge is 0.362 e. The van der Waals surface area contributed by atoms with Crippen molar-refractivity contribution < 1.29 is 9.47 Å². The van der Waals surface area contributed by atoms with Crippen molar-refractivity contribution in [3.63, 3.8) is 0 Å². The number of rotatable bonds is 25. The summed E-state index contributed by atoms with van der Waals surface area (Å²) in [5, 5.41) is 0. The fourth-order valence-corrected chi connectivity index (χ4v) is 8.11. The smallest absolute Gasteiger partial charge is 0.155 e. The Balaban J connectivity index is 1.62. The summed E-state index contributed by atoms with van der Waals surface area (Å²) in [6.07, 6.45) is 20.1. The van der Waals surface area contributed by atoms with Crippen molar-refractivity contribution in [1.29, 1.82) is 0 Å². The summed E-state index contributed by atoms with van der Waals surface area (Å²) in [6, 6.07) is 43.6. The second-order valence-corrected chi connectivity index (χ2v) is 18.1. The van der Waals surface area contributed by atoms with Crippen LogP contribution in [-0.4, -0.2) is 13.2 Å². The Morgan fingerprint density at radius 3 is 0.759 bits per heavy atom. The molecule has 0 aliphatic carbocycles. The van der Waals surface area contributed by atoms with Crippen molar-refractivity contribution in [3.8, 4) is 0 Å². The molecule has 0 spiro atoms. The van der Waals surface area contributed by atoms with Crippen LogP contribution in [0, 0.1) is 10.8 Å². The number of hydrogen-bond acceptors (Lipinski definition) is 2. The molecule has 0 aliphatic rings. The van der Waals surface area contributed by atoms with E-state index in [1.807, 2.05) is 0 Å². The molecule has 2 nitrogen and oxygen atoms in total. The van der Waals surface area contributed by atoms with E-state index in [2.05, 4.69) is 163 Å². The van der Waals surface area contributed by atoms with Gasteiger partial charge < -0.3 is 9.47 Å². The summed E-state index contributed by atoms with van der Waals surface area (Å²) in [6.45, 7) is 15.4. The minimum absolute atomic E-state index is 0.436. The molecule has 0 fully saturated rings. The lowest BCUT2D eigenvalue weighted by Crippen LogP contribution is -2.55. The van der Waals surface area contributed by atoms with Gasteiger partial charge in [0.1, 0.15) is 0 Å². The summed E-state index contributed by atoms with van der Waals surface area (Å²) in [5.74, 6) is 0. The Morgan fingerprint density at radius 2 is 0.519 bits per heavy atom. The van der Waals surface area contributed by atoms with Crippen molar-refractivity contribution in [2.75, 3.05) is 13.2 Å². The van der Waals surface area contributed by atoms with Crippen molar-refractivity contribution >= 4 is 0 Å². The predicted octanol–water partition coefficient (Wildman–Crippen LogP) is 15.2. The maximum atomic E-state index is 7.59. The highest BCUT2D eigenvalue weighted by molar-refractivity contribution is 5.51. The SMILES string of the molecule is CC(C)(C)CCCCCCCCCOC(c1ccccc1)(c1ccccc1)C(OCCCCCCCCCC(C)(C)C)(c1ccccc1)c1ccccc1. The summed E-state index contributed by atoms with van der Waals surface area (Å²) in [5.41, 5.74) is 3.42. The van der Waals surface area contributed by atoms with Gasteiger partial charge in [-0.3, -0.25) is 0 Å². The van der Waals surface area contributed by atoms with Crippen molar-refractivity contribution in [2.24, 2.45) is 10.8 Å². The molecule has 54 heavy (non-hydrogen) atoms. The Kier molecular flexibility index (Phi) is 18.0. The summed E-state index contributed by atoms with van der Waals surface area (Å²) in [7, 11) is 0. The highest BCUT2D eigenvalue weighted by Gasteiger charge is 2.58.